The van der Waals surface area contributed by atoms with E-state index in [9.17, 15) is 14.7 Å². The maximum atomic E-state index is 12.5. The molecule has 2 rings (SSSR count). The number of hydrogen-bond acceptors (Lipinski definition) is 3. The second-order valence-electron chi connectivity index (χ2n) is 5.83. The number of morpholine rings is 1. The van der Waals surface area contributed by atoms with Crippen LogP contribution in [0, 0.1) is 5.41 Å². The predicted octanol–water partition coefficient (Wildman–Crippen LogP) is 1.40. The van der Waals surface area contributed by atoms with Crippen LogP contribution in [0.3, 0.4) is 0 Å². The third-order valence-corrected chi connectivity index (χ3v) is 4.73. The molecule has 0 aromatic rings. The summed E-state index contributed by atoms with van der Waals surface area (Å²) >= 11 is 0. The zero-order valence-electron chi connectivity index (χ0n) is 12.3. The summed E-state index contributed by atoms with van der Waals surface area (Å²) < 4.78 is 5.34. The molecule has 2 aliphatic rings. The second kappa shape index (κ2) is 5.99. The van der Waals surface area contributed by atoms with Crippen molar-refractivity contribution in [1.82, 2.24) is 9.80 Å². The Labute approximate surface area is 119 Å². The molecule has 6 nitrogen and oxygen atoms in total. The zero-order chi connectivity index (χ0) is 14.8. The van der Waals surface area contributed by atoms with Gasteiger partial charge in [-0.2, -0.15) is 0 Å². The molecule has 0 aliphatic carbocycles. The van der Waals surface area contributed by atoms with Crippen LogP contribution in [0.1, 0.15) is 33.1 Å². The monoisotopic (exact) mass is 284 g/mol. The number of ether oxygens (including phenoxy) is 1. The quantitative estimate of drug-likeness (QED) is 0.832. The number of aliphatic carboxylic acids is 1. The van der Waals surface area contributed by atoms with Crippen molar-refractivity contribution >= 4 is 12.0 Å². The first-order chi connectivity index (χ1) is 9.50. The Morgan fingerprint density at radius 3 is 2.45 bits per heavy atom. The van der Waals surface area contributed by atoms with E-state index in [2.05, 4.69) is 0 Å². The first-order valence-corrected chi connectivity index (χ1v) is 7.37. The van der Waals surface area contributed by atoms with Crippen molar-refractivity contribution in [2.24, 2.45) is 5.41 Å². The number of rotatable bonds is 2. The third-order valence-electron chi connectivity index (χ3n) is 4.73. The summed E-state index contributed by atoms with van der Waals surface area (Å²) in [6.45, 7) is 6.73. The highest BCUT2D eigenvalue weighted by Gasteiger charge is 2.41. The Hall–Kier alpha value is -1.30. The van der Waals surface area contributed by atoms with Gasteiger partial charge < -0.3 is 19.6 Å². The summed E-state index contributed by atoms with van der Waals surface area (Å²) in [4.78, 5) is 27.5. The first-order valence-electron chi connectivity index (χ1n) is 7.37. The lowest BCUT2D eigenvalue weighted by atomic mass is 9.76. The topological polar surface area (TPSA) is 70.1 Å². The summed E-state index contributed by atoms with van der Waals surface area (Å²) in [5, 5.41) is 9.37. The molecule has 0 bridgehead atoms. The number of carboxylic acid groups (broad SMARTS) is 1. The van der Waals surface area contributed by atoms with Gasteiger partial charge in [0.1, 0.15) is 0 Å². The lowest BCUT2D eigenvalue weighted by Crippen LogP contribution is -2.55. The number of carboxylic acids is 1. The maximum Gasteiger partial charge on any atom is 0.320 e. The number of likely N-dealkylation sites (tertiary alicyclic amines) is 1. The lowest BCUT2D eigenvalue weighted by Gasteiger charge is -2.42. The summed E-state index contributed by atoms with van der Waals surface area (Å²) in [7, 11) is 0. The van der Waals surface area contributed by atoms with Crippen LogP contribution in [0.2, 0.25) is 0 Å². The van der Waals surface area contributed by atoms with E-state index < -0.39 is 11.4 Å². The number of piperidine rings is 1. The Kier molecular flexibility index (Phi) is 4.52. The van der Waals surface area contributed by atoms with Crippen molar-refractivity contribution in [3.63, 3.8) is 0 Å². The third kappa shape index (κ3) is 2.75. The van der Waals surface area contributed by atoms with E-state index in [1.54, 1.807) is 4.90 Å². The van der Waals surface area contributed by atoms with Crippen molar-refractivity contribution in [3.8, 4) is 0 Å². The molecule has 2 amide bonds. The van der Waals surface area contributed by atoms with Gasteiger partial charge in [0.2, 0.25) is 0 Å². The molecule has 0 aromatic heterocycles. The second-order valence-corrected chi connectivity index (χ2v) is 5.83. The summed E-state index contributed by atoms with van der Waals surface area (Å²) in [5.74, 6) is -0.730. The van der Waals surface area contributed by atoms with Gasteiger partial charge in [-0.15, -0.1) is 0 Å². The molecule has 6 heteroatoms. The average Bonchev–Trinajstić information content (AvgIpc) is 2.47. The van der Waals surface area contributed by atoms with E-state index >= 15 is 0 Å². The van der Waals surface area contributed by atoms with Gasteiger partial charge in [-0.1, -0.05) is 6.92 Å². The van der Waals surface area contributed by atoms with Crippen molar-refractivity contribution in [2.75, 3.05) is 32.8 Å². The fraction of sp³-hybridized carbons (Fsp3) is 0.857. The maximum absolute atomic E-state index is 12.5. The predicted molar refractivity (Wildman–Crippen MR) is 73.5 cm³/mol. The fourth-order valence-corrected chi connectivity index (χ4v) is 3.04. The summed E-state index contributed by atoms with van der Waals surface area (Å²) in [6.07, 6.45) is 1.71. The standard InChI is InChI=1S/C14H24N2O4/c1-3-14(12(17)18)4-6-15(7-5-14)13(19)16-8-9-20-10-11(16)2/h11H,3-10H2,1-2H3,(H,17,18). The van der Waals surface area contributed by atoms with Gasteiger partial charge in [0.05, 0.1) is 24.7 Å². The van der Waals surface area contributed by atoms with Crippen molar-refractivity contribution in [1.29, 1.82) is 0 Å². The molecule has 0 spiro atoms. The molecule has 2 saturated heterocycles. The highest BCUT2D eigenvalue weighted by Crippen LogP contribution is 2.35. The van der Waals surface area contributed by atoms with Gasteiger partial charge in [0, 0.05) is 19.6 Å². The molecule has 1 atom stereocenters. The Bertz CT molecular complexity index is 377. The number of urea groups is 1. The van der Waals surface area contributed by atoms with Crippen LogP contribution in [0.25, 0.3) is 0 Å². The van der Waals surface area contributed by atoms with E-state index in [-0.39, 0.29) is 12.1 Å². The molecule has 0 radical (unpaired) electrons. The fourth-order valence-electron chi connectivity index (χ4n) is 3.04. The number of amides is 2. The average molecular weight is 284 g/mol. The van der Waals surface area contributed by atoms with E-state index in [4.69, 9.17) is 4.74 Å². The molecule has 1 unspecified atom stereocenters. The van der Waals surface area contributed by atoms with Crippen LogP contribution in [0.5, 0.6) is 0 Å². The van der Waals surface area contributed by atoms with Gasteiger partial charge in [0.15, 0.2) is 0 Å². The Morgan fingerprint density at radius 2 is 1.95 bits per heavy atom. The molecule has 20 heavy (non-hydrogen) atoms. The van der Waals surface area contributed by atoms with E-state index in [0.717, 1.165) is 0 Å². The summed E-state index contributed by atoms with van der Waals surface area (Å²) in [5.41, 5.74) is -0.645. The lowest BCUT2D eigenvalue weighted by molar-refractivity contribution is -0.152. The first kappa shape index (κ1) is 15.1. The van der Waals surface area contributed by atoms with Crippen LogP contribution in [0.15, 0.2) is 0 Å². The minimum atomic E-state index is -0.730. The van der Waals surface area contributed by atoms with Gasteiger partial charge in [0.25, 0.3) is 0 Å². The number of hydrogen-bond donors (Lipinski definition) is 1. The molecular weight excluding hydrogens is 260 g/mol. The van der Waals surface area contributed by atoms with Crippen molar-refractivity contribution < 1.29 is 19.4 Å². The van der Waals surface area contributed by atoms with E-state index in [1.807, 2.05) is 18.7 Å². The molecule has 2 aliphatic heterocycles. The smallest absolute Gasteiger partial charge is 0.320 e. The van der Waals surface area contributed by atoms with Gasteiger partial charge >= 0.3 is 12.0 Å². The molecular formula is C14H24N2O4. The molecule has 0 aromatic carbocycles. The van der Waals surface area contributed by atoms with Crippen molar-refractivity contribution in [2.45, 2.75) is 39.2 Å². The SMILES string of the molecule is CCC1(C(=O)O)CCN(C(=O)N2CCOCC2C)CC1. The minimum absolute atomic E-state index is 0.0240. The Balaban J connectivity index is 1.96. The van der Waals surface area contributed by atoms with Crippen LogP contribution in [-0.4, -0.2) is 65.8 Å². The van der Waals surface area contributed by atoms with Gasteiger partial charge in [-0.3, -0.25) is 4.79 Å². The number of carbonyl (C=O) groups is 2. The van der Waals surface area contributed by atoms with Crippen LogP contribution in [0.4, 0.5) is 4.79 Å². The van der Waals surface area contributed by atoms with Gasteiger partial charge in [-0.25, -0.2) is 4.79 Å². The minimum Gasteiger partial charge on any atom is -0.481 e. The normalized spacial score (nSPS) is 26.4. The van der Waals surface area contributed by atoms with E-state index in [1.165, 1.54) is 0 Å². The number of carbonyl (C=O) groups excluding carboxylic acids is 1. The molecule has 2 heterocycles. The van der Waals surface area contributed by atoms with Crippen molar-refractivity contribution in [3.05, 3.63) is 0 Å². The van der Waals surface area contributed by atoms with E-state index in [0.29, 0.717) is 52.1 Å². The molecule has 114 valence electrons. The molecule has 1 N–H and O–H groups in total. The zero-order valence-corrected chi connectivity index (χ0v) is 12.3. The largest absolute Gasteiger partial charge is 0.481 e. The van der Waals surface area contributed by atoms with Crippen LogP contribution in [-0.2, 0) is 9.53 Å². The molecule has 2 fully saturated rings. The van der Waals surface area contributed by atoms with Crippen LogP contribution < -0.4 is 0 Å². The van der Waals surface area contributed by atoms with Gasteiger partial charge in [-0.05, 0) is 26.2 Å². The number of nitrogens with zero attached hydrogens (tertiary/aromatic N) is 2. The molecule has 0 saturated carbocycles. The Morgan fingerprint density at radius 1 is 1.30 bits per heavy atom. The highest BCUT2D eigenvalue weighted by molar-refractivity contribution is 5.77. The summed E-state index contributed by atoms with van der Waals surface area (Å²) in [6, 6.07) is 0.115. The van der Waals surface area contributed by atoms with Crippen LogP contribution >= 0.6 is 0 Å². The highest BCUT2D eigenvalue weighted by atomic mass is 16.5.